The molecule has 0 fully saturated rings. The maximum absolute atomic E-state index is 13.9. The second kappa shape index (κ2) is 8.76. The molecule has 3 heterocycles. The molecule has 0 spiro atoms. The molecule has 6 nitrogen and oxygen atoms in total. The summed E-state index contributed by atoms with van der Waals surface area (Å²) in [6, 6.07) is 7.76. The average Bonchev–Trinajstić information content (AvgIpc) is 3.10. The number of thioether (sulfide) groups is 1. The summed E-state index contributed by atoms with van der Waals surface area (Å²) in [4.78, 5) is 32.5. The van der Waals surface area contributed by atoms with Gasteiger partial charge in [-0.15, -0.1) is 11.3 Å². The van der Waals surface area contributed by atoms with Gasteiger partial charge in [-0.2, -0.15) is 0 Å². The summed E-state index contributed by atoms with van der Waals surface area (Å²) in [6.45, 7) is 8.52. The zero-order chi connectivity index (χ0) is 22.3. The van der Waals surface area contributed by atoms with Gasteiger partial charge in [-0.1, -0.05) is 37.7 Å². The van der Waals surface area contributed by atoms with Crippen LogP contribution in [0, 0.1) is 12.8 Å². The first-order valence-corrected chi connectivity index (χ1v) is 12.0. The number of thiophene rings is 1. The Hall–Kier alpha value is -2.16. The normalized spacial score (nSPS) is 17.0. The van der Waals surface area contributed by atoms with Crippen molar-refractivity contribution in [1.29, 1.82) is 0 Å². The van der Waals surface area contributed by atoms with Crippen molar-refractivity contribution < 1.29 is 14.3 Å². The maximum Gasteiger partial charge on any atom is 0.318 e. The van der Waals surface area contributed by atoms with Gasteiger partial charge in [-0.3, -0.25) is 14.2 Å². The van der Waals surface area contributed by atoms with Crippen molar-refractivity contribution in [2.24, 2.45) is 5.92 Å². The number of hydrogen-bond acceptors (Lipinski definition) is 7. The van der Waals surface area contributed by atoms with Gasteiger partial charge in [0.1, 0.15) is 10.1 Å². The van der Waals surface area contributed by atoms with Crippen LogP contribution in [0.15, 0.2) is 34.2 Å². The van der Waals surface area contributed by atoms with Crippen LogP contribution >= 0.6 is 23.1 Å². The van der Waals surface area contributed by atoms with Crippen molar-refractivity contribution in [3.05, 3.63) is 50.6 Å². The minimum atomic E-state index is -0.492. The number of rotatable bonds is 5. The van der Waals surface area contributed by atoms with E-state index < -0.39 is 5.25 Å². The summed E-state index contributed by atoms with van der Waals surface area (Å²) in [5.74, 6) is 0.0135. The number of benzene rings is 1. The molecule has 0 radical (unpaired) electrons. The summed E-state index contributed by atoms with van der Waals surface area (Å²) in [7, 11) is 1.36. The van der Waals surface area contributed by atoms with E-state index in [0.717, 1.165) is 21.7 Å². The van der Waals surface area contributed by atoms with Gasteiger partial charge in [0.25, 0.3) is 5.56 Å². The van der Waals surface area contributed by atoms with Gasteiger partial charge in [0, 0.05) is 11.3 Å². The Morgan fingerprint density at radius 3 is 2.81 bits per heavy atom. The third-order valence-corrected chi connectivity index (χ3v) is 7.66. The molecule has 2 unspecified atom stereocenters. The van der Waals surface area contributed by atoms with Crippen LogP contribution in [-0.4, -0.2) is 34.0 Å². The van der Waals surface area contributed by atoms with E-state index in [1.165, 1.54) is 30.2 Å². The number of carbonyl (C=O) groups is 1. The zero-order valence-corrected chi connectivity index (χ0v) is 19.9. The van der Waals surface area contributed by atoms with E-state index in [1.807, 2.05) is 31.2 Å². The maximum atomic E-state index is 13.9. The monoisotopic (exact) mass is 458 g/mol. The zero-order valence-electron chi connectivity index (χ0n) is 18.3. The summed E-state index contributed by atoms with van der Waals surface area (Å²) in [6.07, 6.45) is 0.800. The molecule has 1 aromatic carbocycles. The Kier molecular flexibility index (Phi) is 6.23. The fourth-order valence-corrected chi connectivity index (χ4v) is 5.90. The lowest BCUT2D eigenvalue weighted by Crippen LogP contribution is -2.28. The number of hydrogen-bond donors (Lipinski definition) is 0. The topological polar surface area (TPSA) is 70.4 Å². The Balaban J connectivity index is 1.93. The summed E-state index contributed by atoms with van der Waals surface area (Å²) < 4.78 is 12.5. The van der Waals surface area contributed by atoms with Crippen molar-refractivity contribution >= 4 is 39.3 Å². The Labute approximate surface area is 189 Å². The molecule has 2 atom stereocenters. The largest absolute Gasteiger partial charge is 0.468 e. The fraction of sp³-hybridized carbons (Fsp3) is 0.435. The molecule has 1 aliphatic heterocycles. The molecular weight excluding hydrogens is 432 g/mol. The molecule has 164 valence electrons. The first-order valence-electron chi connectivity index (χ1n) is 10.3. The standard InChI is InChI=1S/C23H26N2O4S2/c1-12(2)17-10-16-18(11-29-17)31-20-19(16)21(26)25(15-8-6-7-13(3)9-15)23(24-20)30-14(4)22(27)28-5/h6-9,12,14,17H,10-11H2,1-5H3. The average molecular weight is 459 g/mol. The highest BCUT2D eigenvalue weighted by Gasteiger charge is 2.29. The van der Waals surface area contributed by atoms with E-state index >= 15 is 0 Å². The summed E-state index contributed by atoms with van der Waals surface area (Å²) in [5.41, 5.74) is 2.74. The van der Waals surface area contributed by atoms with Gasteiger partial charge in [0.05, 0.1) is 30.9 Å². The number of nitrogens with zero attached hydrogens (tertiary/aromatic N) is 2. The van der Waals surface area contributed by atoms with E-state index in [0.29, 0.717) is 34.3 Å². The SMILES string of the molecule is COC(=O)C(C)Sc1nc2sc3c(c2c(=O)n1-c1cccc(C)c1)CC(C(C)C)OC3. The van der Waals surface area contributed by atoms with Gasteiger partial charge >= 0.3 is 5.97 Å². The quantitative estimate of drug-likeness (QED) is 0.318. The molecule has 31 heavy (non-hydrogen) atoms. The van der Waals surface area contributed by atoms with Gasteiger partial charge < -0.3 is 9.47 Å². The van der Waals surface area contributed by atoms with Crippen molar-refractivity contribution in [1.82, 2.24) is 9.55 Å². The molecule has 0 saturated carbocycles. The lowest BCUT2D eigenvalue weighted by Gasteiger charge is -2.26. The Bertz CT molecular complexity index is 1200. The van der Waals surface area contributed by atoms with Crippen molar-refractivity contribution in [3.8, 4) is 5.69 Å². The number of aromatic nitrogens is 2. The summed E-state index contributed by atoms with van der Waals surface area (Å²) >= 11 is 2.75. The first kappa shape index (κ1) is 22.0. The first-order chi connectivity index (χ1) is 14.8. The predicted octanol–water partition coefficient (Wildman–Crippen LogP) is 4.51. The van der Waals surface area contributed by atoms with Crippen molar-refractivity contribution in [2.45, 2.75) is 57.2 Å². The third-order valence-electron chi connectivity index (χ3n) is 5.53. The van der Waals surface area contributed by atoms with Gasteiger partial charge in [-0.05, 0) is 43.0 Å². The number of ether oxygens (including phenoxy) is 2. The number of fused-ring (bicyclic) bond motifs is 3. The minimum absolute atomic E-state index is 0.0884. The Morgan fingerprint density at radius 2 is 2.13 bits per heavy atom. The molecule has 4 rings (SSSR count). The molecule has 8 heteroatoms. The van der Waals surface area contributed by atoms with E-state index in [4.69, 9.17) is 14.5 Å². The lowest BCUT2D eigenvalue weighted by atomic mass is 9.96. The fourth-order valence-electron chi connectivity index (χ4n) is 3.78. The number of methoxy groups -OCH3 is 1. The second-order valence-corrected chi connectivity index (χ2v) is 10.5. The molecular formula is C23H26N2O4S2. The van der Waals surface area contributed by atoms with E-state index in [1.54, 1.807) is 11.5 Å². The van der Waals surface area contributed by atoms with Crippen LogP contribution in [-0.2, 0) is 27.3 Å². The highest BCUT2D eigenvalue weighted by Crippen LogP contribution is 2.36. The molecule has 0 saturated heterocycles. The third kappa shape index (κ3) is 4.16. The van der Waals surface area contributed by atoms with Crippen LogP contribution in [0.4, 0.5) is 0 Å². The van der Waals surface area contributed by atoms with E-state index in [2.05, 4.69) is 13.8 Å². The van der Waals surface area contributed by atoms with Crippen LogP contribution in [0.1, 0.15) is 36.8 Å². The molecule has 0 aliphatic carbocycles. The smallest absolute Gasteiger partial charge is 0.318 e. The molecule has 3 aromatic rings. The molecule has 2 aromatic heterocycles. The second-order valence-electron chi connectivity index (χ2n) is 8.14. The highest BCUT2D eigenvalue weighted by atomic mass is 32.2. The predicted molar refractivity (Wildman–Crippen MR) is 124 cm³/mol. The van der Waals surface area contributed by atoms with Crippen LogP contribution in [0.25, 0.3) is 15.9 Å². The molecule has 0 N–H and O–H groups in total. The van der Waals surface area contributed by atoms with E-state index in [-0.39, 0.29) is 17.6 Å². The van der Waals surface area contributed by atoms with Crippen LogP contribution in [0.5, 0.6) is 0 Å². The lowest BCUT2D eigenvalue weighted by molar-refractivity contribution is -0.139. The van der Waals surface area contributed by atoms with E-state index in [9.17, 15) is 9.59 Å². The summed E-state index contributed by atoms with van der Waals surface area (Å²) in [5, 5.41) is 0.667. The van der Waals surface area contributed by atoms with Gasteiger partial charge in [-0.25, -0.2) is 4.98 Å². The molecule has 1 aliphatic rings. The van der Waals surface area contributed by atoms with Crippen LogP contribution in [0.3, 0.4) is 0 Å². The van der Waals surface area contributed by atoms with Crippen molar-refractivity contribution in [3.63, 3.8) is 0 Å². The number of esters is 1. The van der Waals surface area contributed by atoms with Crippen molar-refractivity contribution in [2.75, 3.05) is 7.11 Å². The van der Waals surface area contributed by atoms with Crippen LogP contribution < -0.4 is 5.56 Å². The molecule has 0 amide bonds. The minimum Gasteiger partial charge on any atom is -0.468 e. The van der Waals surface area contributed by atoms with Crippen LogP contribution in [0.2, 0.25) is 0 Å². The van der Waals surface area contributed by atoms with Gasteiger partial charge in [0.2, 0.25) is 0 Å². The Morgan fingerprint density at radius 1 is 1.35 bits per heavy atom. The number of aryl methyl sites for hydroxylation is 1. The van der Waals surface area contributed by atoms with Gasteiger partial charge in [0.15, 0.2) is 5.16 Å². The highest BCUT2D eigenvalue weighted by molar-refractivity contribution is 8.00. The number of carbonyl (C=O) groups excluding carboxylic acids is 1. The molecule has 0 bridgehead atoms.